The zero-order chi connectivity index (χ0) is 11.4. The summed E-state index contributed by atoms with van der Waals surface area (Å²) in [4.78, 5) is 11.9. The van der Waals surface area contributed by atoms with Crippen molar-refractivity contribution in [1.29, 1.82) is 0 Å². The van der Waals surface area contributed by atoms with Crippen molar-refractivity contribution in [2.45, 2.75) is 43.9 Å². The third-order valence-corrected chi connectivity index (χ3v) is 4.28. The third-order valence-electron chi connectivity index (χ3n) is 3.23. The molecule has 0 aromatic heterocycles. The van der Waals surface area contributed by atoms with E-state index in [1.807, 2.05) is 11.8 Å². The van der Waals surface area contributed by atoms with Gasteiger partial charge in [-0.3, -0.25) is 4.79 Å². The summed E-state index contributed by atoms with van der Waals surface area (Å²) >= 11 is 1.96. The molecule has 4 nitrogen and oxygen atoms in total. The van der Waals surface area contributed by atoms with Crippen molar-refractivity contribution in [1.82, 2.24) is 5.32 Å². The molecule has 92 valence electrons. The summed E-state index contributed by atoms with van der Waals surface area (Å²) in [7, 11) is 0. The van der Waals surface area contributed by atoms with E-state index in [0.717, 1.165) is 37.2 Å². The molecule has 0 saturated carbocycles. The van der Waals surface area contributed by atoms with Gasteiger partial charge < -0.3 is 15.8 Å². The molecule has 0 aliphatic carbocycles. The lowest BCUT2D eigenvalue weighted by atomic mass is 10.1. The number of ether oxygens (including phenoxy) is 1. The van der Waals surface area contributed by atoms with E-state index in [1.54, 1.807) is 0 Å². The highest BCUT2D eigenvalue weighted by atomic mass is 32.2. The highest BCUT2D eigenvalue weighted by Gasteiger charge is 2.31. The van der Waals surface area contributed by atoms with Crippen LogP contribution in [0.15, 0.2) is 0 Å². The Hall–Kier alpha value is -0.260. The molecule has 1 amide bonds. The number of rotatable bonds is 3. The predicted molar refractivity (Wildman–Crippen MR) is 65.4 cm³/mol. The fourth-order valence-electron chi connectivity index (χ4n) is 2.21. The van der Waals surface area contributed by atoms with Crippen molar-refractivity contribution in [3.8, 4) is 0 Å². The summed E-state index contributed by atoms with van der Waals surface area (Å²) in [5.74, 6) is 2.37. The number of nitrogens with one attached hydrogen (secondary N) is 1. The van der Waals surface area contributed by atoms with Gasteiger partial charge in [-0.15, -0.1) is 0 Å². The third kappa shape index (κ3) is 3.12. The lowest BCUT2D eigenvalue weighted by Gasteiger charge is -2.24. The average molecular weight is 244 g/mol. The first-order valence-corrected chi connectivity index (χ1v) is 7.18. The molecule has 0 aromatic carbocycles. The maximum atomic E-state index is 11.9. The van der Waals surface area contributed by atoms with Crippen molar-refractivity contribution in [2.24, 2.45) is 5.73 Å². The van der Waals surface area contributed by atoms with Gasteiger partial charge in [-0.2, -0.15) is 11.8 Å². The lowest BCUT2D eigenvalue weighted by molar-refractivity contribution is -0.132. The first kappa shape index (κ1) is 12.2. The van der Waals surface area contributed by atoms with Gasteiger partial charge in [-0.05, 0) is 37.2 Å². The maximum absolute atomic E-state index is 11.9. The van der Waals surface area contributed by atoms with Crippen LogP contribution in [0.2, 0.25) is 0 Å². The molecule has 5 heteroatoms. The summed E-state index contributed by atoms with van der Waals surface area (Å²) in [6.07, 6.45) is 3.72. The molecule has 0 radical (unpaired) electrons. The van der Waals surface area contributed by atoms with E-state index in [4.69, 9.17) is 10.5 Å². The summed E-state index contributed by atoms with van der Waals surface area (Å²) in [5.41, 5.74) is 5.52. The number of nitrogens with two attached hydrogens (primary N) is 1. The van der Waals surface area contributed by atoms with Gasteiger partial charge in [0.05, 0.1) is 6.10 Å². The maximum Gasteiger partial charge on any atom is 0.249 e. The van der Waals surface area contributed by atoms with Gasteiger partial charge >= 0.3 is 0 Å². The van der Waals surface area contributed by atoms with E-state index < -0.39 is 0 Å². The van der Waals surface area contributed by atoms with E-state index >= 15 is 0 Å². The lowest BCUT2D eigenvalue weighted by Crippen LogP contribution is -2.43. The quantitative estimate of drug-likeness (QED) is 0.759. The Morgan fingerprint density at radius 3 is 2.69 bits per heavy atom. The van der Waals surface area contributed by atoms with Gasteiger partial charge in [-0.1, -0.05) is 0 Å². The highest BCUT2D eigenvalue weighted by Crippen LogP contribution is 2.21. The van der Waals surface area contributed by atoms with Gasteiger partial charge in [-0.25, -0.2) is 0 Å². The van der Waals surface area contributed by atoms with Crippen molar-refractivity contribution in [3.05, 3.63) is 0 Å². The van der Waals surface area contributed by atoms with Crippen LogP contribution < -0.4 is 11.1 Å². The molecular weight excluding hydrogens is 224 g/mol. The van der Waals surface area contributed by atoms with E-state index in [0.29, 0.717) is 12.6 Å². The molecule has 2 rings (SSSR count). The summed E-state index contributed by atoms with van der Waals surface area (Å²) < 4.78 is 5.57. The van der Waals surface area contributed by atoms with E-state index in [9.17, 15) is 4.79 Å². The Kier molecular flexibility index (Phi) is 4.49. The van der Waals surface area contributed by atoms with Crippen LogP contribution in [0, 0.1) is 0 Å². The fraction of sp³-hybridized carbons (Fsp3) is 0.909. The van der Waals surface area contributed by atoms with Crippen LogP contribution in [0.5, 0.6) is 0 Å². The standard InChI is InChI=1S/C11H20N2O2S/c12-7-9-1-2-10(15-9)11(14)13-8-3-5-16-6-4-8/h8-10H,1-7,12H2,(H,13,14)/t9-,10+/m1/s1. The number of carbonyl (C=O) groups is 1. The number of amides is 1. The van der Waals surface area contributed by atoms with E-state index in [1.165, 1.54) is 0 Å². The zero-order valence-electron chi connectivity index (χ0n) is 9.48. The SMILES string of the molecule is NC[C@H]1CC[C@@H](C(=O)NC2CCSCC2)O1. The second-order valence-electron chi connectivity index (χ2n) is 4.46. The largest absolute Gasteiger partial charge is 0.364 e. The van der Waals surface area contributed by atoms with Crippen LogP contribution in [-0.4, -0.2) is 42.2 Å². The Labute approximate surface area is 101 Å². The minimum atomic E-state index is -0.261. The molecule has 2 aliphatic heterocycles. The Morgan fingerprint density at radius 1 is 1.31 bits per heavy atom. The van der Waals surface area contributed by atoms with Gasteiger partial charge in [0, 0.05) is 12.6 Å². The minimum Gasteiger partial charge on any atom is -0.364 e. The summed E-state index contributed by atoms with van der Waals surface area (Å²) in [6.45, 7) is 0.518. The van der Waals surface area contributed by atoms with Gasteiger partial charge in [0.2, 0.25) is 5.91 Å². The first-order valence-electron chi connectivity index (χ1n) is 6.03. The molecule has 0 spiro atoms. The second-order valence-corrected chi connectivity index (χ2v) is 5.68. The number of hydrogen-bond donors (Lipinski definition) is 2. The zero-order valence-corrected chi connectivity index (χ0v) is 10.3. The van der Waals surface area contributed by atoms with Crippen LogP contribution in [-0.2, 0) is 9.53 Å². The van der Waals surface area contributed by atoms with Crippen LogP contribution in [0.4, 0.5) is 0 Å². The molecule has 0 bridgehead atoms. The molecule has 2 saturated heterocycles. The summed E-state index contributed by atoms with van der Waals surface area (Å²) in [6, 6.07) is 0.356. The Morgan fingerprint density at radius 2 is 2.06 bits per heavy atom. The molecule has 0 unspecified atom stereocenters. The molecule has 2 fully saturated rings. The molecule has 16 heavy (non-hydrogen) atoms. The minimum absolute atomic E-state index is 0.0628. The van der Waals surface area contributed by atoms with Crippen molar-refractivity contribution < 1.29 is 9.53 Å². The van der Waals surface area contributed by atoms with Crippen molar-refractivity contribution in [2.75, 3.05) is 18.1 Å². The molecule has 2 aliphatic rings. The van der Waals surface area contributed by atoms with E-state index in [2.05, 4.69) is 5.32 Å². The Balaban J connectivity index is 1.75. The van der Waals surface area contributed by atoms with Crippen LogP contribution in [0.3, 0.4) is 0 Å². The first-order chi connectivity index (χ1) is 7.79. The smallest absolute Gasteiger partial charge is 0.249 e. The monoisotopic (exact) mass is 244 g/mol. The van der Waals surface area contributed by atoms with Crippen LogP contribution >= 0.6 is 11.8 Å². The van der Waals surface area contributed by atoms with Gasteiger partial charge in [0.25, 0.3) is 0 Å². The van der Waals surface area contributed by atoms with Crippen molar-refractivity contribution >= 4 is 17.7 Å². The average Bonchev–Trinajstić information content (AvgIpc) is 2.79. The fourth-order valence-corrected chi connectivity index (χ4v) is 3.31. The van der Waals surface area contributed by atoms with Crippen molar-refractivity contribution in [3.63, 3.8) is 0 Å². The van der Waals surface area contributed by atoms with E-state index in [-0.39, 0.29) is 18.1 Å². The van der Waals surface area contributed by atoms with Gasteiger partial charge in [0.15, 0.2) is 0 Å². The molecule has 3 N–H and O–H groups in total. The topological polar surface area (TPSA) is 64.4 Å². The number of hydrogen-bond acceptors (Lipinski definition) is 4. The molecule has 0 aromatic rings. The molecule has 2 heterocycles. The second kappa shape index (κ2) is 5.89. The number of thioether (sulfide) groups is 1. The normalized spacial score (nSPS) is 31.6. The predicted octanol–water partition coefficient (Wildman–Crippen LogP) is 0.504. The Bertz CT molecular complexity index is 244. The van der Waals surface area contributed by atoms with Crippen LogP contribution in [0.25, 0.3) is 0 Å². The number of carbonyl (C=O) groups excluding carboxylic acids is 1. The summed E-state index contributed by atoms with van der Waals surface area (Å²) in [5, 5.41) is 3.09. The molecular formula is C11H20N2O2S. The highest BCUT2D eigenvalue weighted by molar-refractivity contribution is 7.99. The van der Waals surface area contributed by atoms with Crippen LogP contribution in [0.1, 0.15) is 25.7 Å². The molecule has 2 atom stereocenters. The van der Waals surface area contributed by atoms with Gasteiger partial charge in [0.1, 0.15) is 6.10 Å².